The van der Waals surface area contributed by atoms with Gasteiger partial charge in [-0.25, -0.2) is 0 Å². The van der Waals surface area contributed by atoms with Crippen LogP contribution in [0.25, 0.3) is 0 Å². The van der Waals surface area contributed by atoms with Crippen molar-refractivity contribution in [1.29, 1.82) is 0 Å². The third-order valence-electron chi connectivity index (χ3n) is 2.91. The lowest BCUT2D eigenvalue weighted by molar-refractivity contribution is -0.135. The number of hydrogen-bond donors (Lipinski definition) is 2. The molecule has 2 saturated heterocycles. The van der Waals surface area contributed by atoms with E-state index in [1.54, 1.807) is 0 Å². The summed E-state index contributed by atoms with van der Waals surface area (Å²) in [6.07, 6.45) is 0.604. The Balaban J connectivity index is 1.74. The van der Waals surface area contributed by atoms with Crippen LogP contribution in [0.15, 0.2) is 0 Å². The Morgan fingerprint density at radius 3 is 2.80 bits per heavy atom. The Kier molecular flexibility index (Phi) is 3.94. The molecule has 1 atom stereocenters. The minimum atomic E-state index is 0.250. The van der Waals surface area contributed by atoms with Gasteiger partial charge in [-0.1, -0.05) is 0 Å². The zero-order chi connectivity index (χ0) is 10.5. The SMILES string of the molecule is O=C(CC1CNCCN1)N1CCOCC1. The van der Waals surface area contributed by atoms with E-state index in [4.69, 9.17) is 4.74 Å². The first-order chi connectivity index (χ1) is 7.36. The average Bonchev–Trinajstić information content (AvgIpc) is 2.31. The van der Waals surface area contributed by atoms with Crippen molar-refractivity contribution in [2.75, 3.05) is 45.9 Å². The Hall–Kier alpha value is -0.650. The molecule has 2 fully saturated rings. The van der Waals surface area contributed by atoms with Gasteiger partial charge < -0.3 is 20.3 Å². The zero-order valence-corrected chi connectivity index (χ0v) is 9.00. The molecule has 2 rings (SSSR count). The second-order valence-corrected chi connectivity index (χ2v) is 4.05. The molecule has 0 spiro atoms. The van der Waals surface area contributed by atoms with Crippen LogP contribution in [0.3, 0.4) is 0 Å². The highest BCUT2D eigenvalue weighted by molar-refractivity contribution is 5.77. The van der Waals surface area contributed by atoms with E-state index in [9.17, 15) is 4.79 Å². The molecule has 2 aliphatic heterocycles. The summed E-state index contributed by atoms with van der Waals surface area (Å²) in [6, 6.07) is 0.300. The van der Waals surface area contributed by atoms with E-state index in [2.05, 4.69) is 10.6 Å². The second-order valence-electron chi connectivity index (χ2n) is 4.05. The predicted molar refractivity (Wildman–Crippen MR) is 56.7 cm³/mol. The molecule has 0 radical (unpaired) electrons. The Bertz CT molecular complexity index is 211. The van der Waals surface area contributed by atoms with Gasteiger partial charge in [0.15, 0.2) is 0 Å². The van der Waals surface area contributed by atoms with Gasteiger partial charge in [-0.3, -0.25) is 4.79 Å². The lowest BCUT2D eigenvalue weighted by Gasteiger charge is -2.30. The maximum Gasteiger partial charge on any atom is 0.224 e. The summed E-state index contributed by atoms with van der Waals surface area (Å²) in [6.45, 7) is 5.72. The molecule has 2 heterocycles. The standard InChI is InChI=1S/C10H19N3O2/c14-10(13-3-5-15-6-4-13)7-9-8-11-1-2-12-9/h9,11-12H,1-8H2. The summed E-state index contributed by atoms with van der Waals surface area (Å²) >= 11 is 0. The third-order valence-corrected chi connectivity index (χ3v) is 2.91. The summed E-state index contributed by atoms with van der Waals surface area (Å²) in [5, 5.41) is 6.63. The van der Waals surface area contributed by atoms with E-state index >= 15 is 0 Å². The predicted octanol–water partition coefficient (Wildman–Crippen LogP) is -1.20. The van der Waals surface area contributed by atoms with Crippen molar-refractivity contribution >= 4 is 5.91 Å². The molecular formula is C10H19N3O2. The highest BCUT2D eigenvalue weighted by Gasteiger charge is 2.21. The molecular weight excluding hydrogens is 194 g/mol. The molecule has 2 aliphatic rings. The largest absolute Gasteiger partial charge is 0.378 e. The minimum absolute atomic E-state index is 0.250. The number of rotatable bonds is 2. The van der Waals surface area contributed by atoms with Gasteiger partial charge in [0.25, 0.3) is 0 Å². The van der Waals surface area contributed by atoms with Crippen LogP contribution < -0.4 is 10.6 Å². The molecule has 5 heteroatoms. The fraction of sp³-hybridized carbons (Fsp3) is 0.900. The summed E-state index contributed by atoms with van der Waals surface area (Å²) in [5.41, 5.74) is 0. The van der Waals surface area contributed by atoms with Crippen LogP contribution in [0.4, 0.5) is 0 Å². The van der Waals surface area contributed by atoms with Crippen LogP contribution in [0.5, 0.6) is 0 Å². The fourth-order valence-corrected chi connectivity index (χ4v) is 2.01. The molecule has 0 aliphatic carbocycles. The van der Waals surface area contributed by atoms with Crippen LogP contribution in [0.2, 0.25) is 0 Å². The molecule has 0 aromatic carbocycles. The van der Waals surface area contributed by atoms with Gasteiger partial charge in [0.05, 0.1) is 13.2 Å². The minimum Gasteiger partial charge on any atom is -0.378 e. The molecule has 86 valence electrons. The maximum absolute atomic E-state index is 11.9. The fourth-order valence-electron chi connectivity index (χ4n) is 2.01. The molecule has 0 aromatic rings. The van der Waals surface area contributed by atoms with Gasteiger partial charge in [-0.15, -0.1) is 0 Å². The monoisotopic (exact) mass is 213 g/mol. The zero-order valence-electron chi connectivity index (χ0n) is 9.00. The number of carbonyl (C=O) groups is 1. The van der Waals surface area contributed by atoms with Crippen molar-refractivity contribution in [3.63, 3.8) is 0 Å². The second kappa shape index (κ2) is 5.44. The van der Waals surface area contributed by atoms with E-state index in [1.807, 2.05) is 4.90 Å². The Morgan fingerprint density at radius 1 is 1.33 bits per heavy atom. The first kappa shape index (κ1) is 10.9. The van der Waals surface area contributed by atoms with E-state index in [-0.39, 0.29) is 5.91 Å². The maximum atomic E-state index is 11.9. The Morgan fingerprint density at radius 2 is 2.13 bits per heavy atom. The van der Waals surface area contributed by atoms with Crippen molar-refractivity contribution < 1.29 is 9.53 Å². The number of ether oxygens (including phenoxy) is 1. The van der Waals surface area contributed by atoms with Gasteiger partial charge in [0.2, 0.25) is 5.91 Å². The quantitative estimate of drug-likeness (QED) is 0.605. The van der Waals surface area contributed by atoms with Crippen molar-refractivity contribution in [3.05, 3.63) is 0 Å². The number of morpholine rings is 1. The van der Waals surface area contributed by atoms with E-state index in [0.29, 0.717) is 25.7 Å². The molecule has 15 heavy (non-hydrogen) atoms. The summed E-state index contributed by atoms with van der Waals surface area (Å²) in [5.74, 6) is 0.250. The molecule has 1 unspecified atom stereocenters. The Labute approximate surface area is 90.1 Å². The van der Waals surface area contributed by atoms with Crippen LogP contribution in [-0.4, -0.2) is 62.8 Å². The van der Waals surface area contributed by atoms with E-state index in [1.165, 1.54) is 0 Å². The van der Waals surface area contributed by atoms with E-state index < -0.39 is 0 Å². The van der Waals surface area contributed by atoms with Crippen LogP contribution in [0.1, 0.15) is 6.42 Å². The van der Waals surface area contributed by atoms with Gasteiger partial charge in [-0.05, 0) is 0 Å². The summed E-state index contributed by atoms with van der Waals surface area (Å²) in [4.78, 5) is 13.8. The van der Waals surface area contributed by atoms with E-state index in [0.717, 1.165) is 32.7 Å². The van der Waals surface area contributed by atoms with Crippen LogP contribution in [-0.2, 0) is 9.53 Å². The summed E-state index contributed by atoms with van der Waals surface area (Å²) < 4.78 is 5.22. The van der Waals surface area contributed by atoms with Crippen molar-refractivity contribution in [3.8, 4) is 0 Å². The normalized spacial score (nSPS) is 27.7. The molecule has 5 nitrogen and oxygen atoms in total. The molecule has 0 bridgehead atoms. The smallest absolute Gasteiger partial charge is 0.224 e. The first-order valence-corrected chi connectivity index (χ1v) is 5.66. The van der Waals surface area contributed by atoms with Gasteiger partial charge >= 0.3 is 0 Å². The number of amides is 1. The first-order valence-electron chi connectivity index (χ1n) is 5.66. The molecule has 2 N–H and O–H groups in total. The number of carbonyl (C=O) groups excluding carboxylic acids is 1. The van der Waals surface area contributed by atoms with Gasteiger partial charge in [0, 0.05) is 45.2 Å². The number of nitrogens with one attached hydrogen (secondary N) is 2. The molecule has 0 saturated carbocycles. The lowest BCUT2D eigenvalue weighted by Crippen LogP contribution is -2.51. The molecule has 1 amide bonds. The topological polar surface area (TPSA) is 53.6 Å². The number of piperazine rings is 1. The average molecular weight is 213 g/mol. The number of nitrogens with zero attached hydrogens (tertiary/aromatic N) is 1. The molecule has 0 aromatic heterocycles. The van der Waals surface area contributed by atoms with Crippen LogP contribution >= 0.6 is 0 Å². The van der Waals surface area contributed by atoms with Crippen molar-refractivity contribution in [2.45, 2.75) is 12.5 Å². The highest BCUT2D eigenvalue weighted by atomic mass is 16.5. The van der Waals surface area contributed by atoms with Gasteiger partial charge in [0.1, 0.15) is 0 Å². The van der Waals surface area contributed by atoms with Crippen molar-refractivity contribution in [2.24, 2.45) is 0 Å². The van der Waals surface area contributed by atoms with Crippen molar-refractivity contribution in [1.82, 2.24) is 15.5 Å². The van der Waals surface area contributed by atoms with Gasteiger partial charge in [-0.2, -0.15) is 0 Å². The van der Waals surface area contributed by atoms with Crippen LogP contribution in [0, 0.1) is 0 Å². The summed E-state index contributed by atoms with van der Waals surface area (Å²) in [7, 11) is 0. The number of hydrogen-bond acceptors (Lipinski definition) is 4. The highest BCUT2D eigenvalue weighted by Crippen LogP contribution is 2.03. The third kappa shape index (κ3) is 3.15. The lowest BCUT2D eigenvalue weighted by atomic mass is 10.1.